The average molecular weight is 388 g/mol. The molecule has 0 aliphatic carbocycles. The number of carbonyl (C=O) groups is 1. The van der Waals surface area contributed by atoms with Gasteiger partial charge in [-0.1, -0.05) is 35.0 Å². The zero-order chi connectivity index (χ0) is 19.4. The number of carbonyl (C=O) groups excluding carboxylic acids is 1. The monoisotopic (exact) mass is 387 g/mol. The van der Waals surface area contributed by atoms with Crippen LogP contribution in [-0.4, -0.2) is 16.0 Å². The van der Waals surface area contributed by atoms with Gasteiger partial charge in [-0.25, -0.2) is 0 Å². The third-order valence-corrected chi connectivity index (χ3v) is 4.05. The number of hydrogen-bond donors (Lipinski definition) is 1. The molecule has 27 heavy (non-hydrogen) atoms. The number of anilines is 1. The van der Waals surface area contributed by atoms with E-state index >= 15 is 0 Å². The van der Waals surface area contributed by atoms with E-state index < -0.39 is 10.8 Å². The van der Waals surface area contributed by atoms with Crippen molar-refractivity contribution in [1.29, 1.82) is 0 Å². The molecule has 0 aliphatic heterocycles. The molecule has 1 amide bonds. The Bertz CT molecular complexity index is 988. The van der Waals surface area contributed by atoms with E-state index in [4.69, 9.17) is 20.9 Å². The lowest BCUT2D eigenvalue weighted by Gasteiger charge is -2.08. The number of nitro groups is 1. The summed E-state index contributed by atoms with van der Waals surface area (Å²) in [6.07, 6.45) is 0. The van der Waals surface area contributed by atoms with Crippen LogP contribution in [0.15, 0.2) is 53.1 Å². The molecule has 3 rings (SSSR count). The van der Waals surface area contributed by atoms with Crippen LogP contribution in [0.4, 0.5) is 11.4 Å². The maximum Gasteiger partial charge on any atom is 0.278 e. The van der Waals surface area contributed by atoms with Gasteiger partial charge in [0.25, 0.3) is 11.6 Å². The molecule has 1 aromatic heterocycles. The third kappa shape index (κ3) is 4.24. The predicted molar refractivity (Wildman–Crippen MR) is 98.1 cm³/mol. The number of rotatable bonds is 6. The molecule has 138 valence electrons. The summed E-state index contributed by atoms with van der Waals surface area (Å²) in [7, 11) is 0. The fraction of sp³-hybridized carbons (Fsp3) is 0.111. The molecule has 0 fully saturated rings. The van der Waals surface area contributed by atoms with Gasteiger partial charge >= 0.3 is 0 Å². The standard InChI is InChI=1S/C18H14ClN3O5/c1-11-14(10-26-13-5-3-2-4-6-13)17(21-27-11)18(23)20-16-8-7-12(22(24)25)9-15(16)19/h2-9H,10H2,1H3,(H,20,23). The van der Waals surface area contributed by atoms with Crippen LogP contribution in [0.1, 0.15) is 21.8 Å². The number of nitrogens with one attached hydrogen (secondary N) is 1. The van der Waals surface area contributed by atoms with Crippen LogP contribution >= 0.6 is 11.6 Å². The van der Waals surface area contributed by atoms with Crippen molar-refractivity contribution in [2.75, 3.05) is 5.32 Å². The van der Waals surface area contributed by atoms with Crippen molar-refractivity contribution in [3.8, 4) is 5.75 Å². The van der Waals surface area contributed by atoms with Gasteiger partial charge in [0.1, 0.15) is 18.1 Å². The summed E-state index contributed by atoms with van der Waals surface area (Å²) in [6.45, 7) is 1.77. The average Bonchev–Trinajstić information content (AvgIpc) is 3.03. The highest BCUT2D eigenvalue weighted by Gasteiger charge is 2.21. The quantitative estimate of drug-likeness (QED) is 0.496. The van der Waals surface area contributed by atoms with Crippen molar-refractivity contribution < 1.29 is 19.0 Å². The molecule has 2 aromatic carbocycles. The first-order valence-electron chi connectivity index (χ1n) is 7.84. The molecule has 1 heterocycles. The van der Waals surface area contributed by atoms with Crippen molar-refractivity contribution in [3.05, 3.63) is 80.7 Å². The summed E-state index contributed by atoms with van der Waals surface area (Å²) < 4.78 is 10.8. The minimum Gasteiger partial charge on any atom is -0.489 e. The molecule has 1 N–H and O–H groups in total. The SMILES string of the molecule is Cc1onc(C(=O)Nc2ccc([N+](=O)[O-])cc2Cl)c1COc1ccccc1. The Kier molecular flexibility index (Phi) is 5.37. The zero-order valence-corrected chi connectivity index (χ0v) is 14.9. The van der Waals surface area contributed by atoms with E-state index in [0.29, 0.717) is 17.1 Å². The van der Waals surface area contributed by atoms with Gasteiger partial charge in [0.05, 0.1) is 21.2 Å². The molecule has 0 unspecified atom stereocenters. The molecular formula is C18H14ClN3O5. The Hall–Kier alpha value is -3.39. The number of hydrogen-bond acceptors (Lipinski definition) is 6. The molecule has 0 bridgehead atoms. The van der Waals surface area contributed by atoms with Crippen LogP contribution in [0.3, 0.4) is 0 Å². The second kappa shape index (κ2) is 7.88. The topological polar surface area (TPSA) is 108 Å². The van der Waals surface area contributed by atoms with E-state index in [1.165, 1.54) is 12.1 Å². The number of nitrogens with zero attached hydrogens (tertiary/aromatic N) is 2. The summed E-state index contributed by atoms with van der Waals surface area (Å²) in [4.78, 5) is 22.7. The van der Waals surface area contributed by atoms with Gasteiger partial charge in [-0.2, -0.15) is 0 Å². The highest BCUT2D eigenvalue weighted by Crippen LogP contribution is 2.27. The van der Waals surface area contributed by atoms with Crippen LogP contribution in [0.2, 0.25) is 5.02 Å². The second-order valence-electron chi connectivity index (χ2n) is 5.54. The van der Waals surface area contributed by atoms with Crippen LogP contribution in [0.25, 0.3) is 0 Å². The number of halogens is 1. The Morgan fingerprint density at radius 1 is 1.30 bits per heavy atom. The number of benzene rings is 2. The predicted octanol–water partition coefficient (Wildman–Crippen LogP) is 4.38. The molecule has 0 radical (unpaired) electrons. The van der Waals surface area contributed by atoms with E-state index in [1.54, 1.807) is 19.1 Å². The van der Waals surface area contributed by atoms with Crippen molar-refractivity contribution >= 4 is 28.9 Å². The first-order chi connectivity index (χ1) is 13.0. The van der Waals surface area contributed by atoms with Gasteiger partial charge in [0.15, 0.2) is 5.69 Å². The highest BCUT2D eigenvalue weighted by molar-refractivity contribution is 6.34. The van der Waals surface area contributed by atoms with Gasteiger partial charge < -0.3 is 14.6 Å². The number of nitro benzene ring substituents is 1. The molecule has 0 aliphatic rings. The summed E-state index contributed by atoms with van der Waals surface area (Å²) in [5.41, 5.74) is 0.599. The fourth-order valence-electron chi connectivity index (χ4n) is 2.31. The van der Waals surface area contributed by atoms with Crippen LogP contribution < -0.4 is 10.1 Å². The van der Waals surface area contributed by atoms with Gasteiger partial charge in [-0.3, -0.25) is 14.9 Å². The first kappa shape index (κ1) is 18.4. The molecule has 0 spiro atoms. The lowest BCUT2D eigenvalue weighted by molar-refractivity contribution is -0.384. The van der Waals surface area contributed by atoms with E-state index in [-0.39, 0.29) is 28.7 Å². The Morgan fingerprint density at radius 3 is 2.70 bits per heavy atom. The third-order valence-electron chi connectivity index (χ3n) is 3.74. The maximum atomic E-state index is 12.5. The van der Waals surface area contributed by atoms with Crippen molar-refractivity contribution in [1.82, 2.24) is 5.16 Å². The number of aryl methyl sites for hydroxylation is 1. The number of non-ortho nitro benzene ring substituents is 1. The van der Waals surface area contributed by atoms with E-state index in [1.807, 2.05) is 18.2 Å². The largest absolute Gasteiger partial charge is 0.489 e. The summed E-state index contributed by atoms with van der Waals surface area (Å²) >= 11 is 6.00. The second-order valence-corrected chi connectivity index (χ2v) is 5.95. The molecule has 0 saturated heterocycles. The van der Waals surface area contributed by atoms with E-state index in [0.717, 1.165) is 6.07 Å². The van der Waals surface area contributed by atoms with Crippen molar-refractivity contribution in [3.63, 3.8) is 0 Å². The van der Waals surface area contributed by atoms with Crippen LogP contribution in [0, 0.1) is 17.0 Å². The Labute approximate surface area is 158 Å². The van der Waals surface area contributed by atoms with Crippen molar-refractivity contribution in [2.24, 2.45) is 0 Å². The normalized spacial score (nSPS) is 10.4. The van der Waals surface area contributed by atoms with Crippen LogP contribution in [0.5, 0.6) is 5.75 Å². The number of amides is 1. The molecule has 3 aromatic rings. The molecule has 8 nitrogen and oxygen atoms in total. The van der Waals surface area contributed by atoms with Gasteiger partial charge in [0, 0.05) is 12.1 Å². The molecular weight excluding hydrogens is 374 g/mol. The number of para-hydroxylation sites is 1. The Morgan fingerprint density at radius 2 is 2.04 bits per heavy atom. The lowest BCUT2D eigenvalue weighted by atomic mass is 10.2. The maximum absolute atomic E-state index is 12.5. The minimum atomic E-state index is -0.572. The van der Waals surface area contributed by atoms with E-state index in [2.05, 4.69) is 10.5 Å². The van der Waals surface area contributed by atoms with Crippen LogP contribution in [-0.2, 0) is 6.61 Å². The number of aromatic nitrogens is 1. The van der Waals surface area contributed by atoms with Gasteiger partial charge in [0.2, 0.25) is 0 Å². The lowest BCUT2D eigenvalue weighted by Crippen LogP contribution is -2.15. The molecule has 0 atom stereocenters. The fourth-order valence-corrected chi connectivity index (χ4v) is 2.53. The van der Waals surface area contributed by atoms with E-state index in [9.17, 15) is 14.9 Å². The molecule has 0 saturated carbocycles. The summed E-state index contributed by atoms with van der Waals surface area (Å²) in [6, 6.07) is 12.9. The van der Waals surface area contributed by atoms with Crippen molar-refractivity contribution in [2.45, 2.75) is 13.5 Å². The Balaban J connectivity index is 1.76. The minimum absolute atomic E-state index is 0.0415. The number of ether oxygens (including phenoxy) is 1. The highest BCUT2D eigenvalue weighted by atomic mass is 35.5. The van der Waals surface area contributed by atoms with Gasteiger partial charge in [-0.05, 0) is 25.1 Å². The summed E-state index contributed by atoms with van der Waals surface area (Å²) in [5, 5.41) is 17.2. The van der Waals surface area contributed by atoms with Gasteiger partial charge in [-0.15, -0.1) is 0 Å². The zero-order valence-electron chi connectivity index (χ0n) is 14.1. The summed E-state index contributed by atoms with van der Waals surface area (Å²) in [5.74, 6) is 0.531. The molecule has 9 heteroatoms. The first-order valence-corrected chi connectivity index (χ1v) is 8.22. The smallest absolute Gasteiger partial charge is 0.278 e.